The summed E-state index contributed by atoms with van der Waals surface area (Å²) in [5, 5.41) is 3.35. The summed E-state index contributed by atoms with van der Waals surface area (Å²) in [6.07, 6.45) is -0.232. The van der Waals surface area contributed by atoms with Gasteiger partial charge in [0, 0.05) is 19.6 Å². The molecule has 4 nitrogen and oxygen atoms in total. The number of rotatable bonds is 1. The zero-order valence-electron chi connectivity index (χ0n) is 12.8. The molecule has 110 valence electrons. The number of piperazine rings is 1. The molecule has 1 aliphatic heterocycles. The molecule has 1 aromatic rings. The van der Waals surface area contributed by atoms with Gasteiger partial charge in [-0.15, -0.1) is 0 Å². The summed E-state index contributed by atoms with van der Waals surface area (Å²) >= 11 is 0. The molecule has 1 heterocycles. The Morgan fingerprint density at radius 1 is 1.30 bits per heavy atom. The van der Waals surface area contributed by atoms with E-state index in [-0.39, 0.29) is 12.1 Å². The summed E-state index contributed by atoms with van der Waals surface area (Å²) in [6.45, 7) is 10.0. The number of benzene rings is 1. The molecule has 20 heavy (non-hydrogen) atoms. The van der Waals surface area contributed by atoms with E-state index >= 15 is 0 Å². The maximum Gasteiger partial charge on any atom is 0.410 e. The van der Waals surface area contributed by atoms with E-state index in [4.69, 9.17) is 4.74 Å². The van der Waals surface area contributed by atoms with Crippen LogP contribution in [0, 0.1) is 6.92 Å². The van der Waals surface area contributed by atoms with Crippen molar-refractivity contribution < 1.29 is 9.53 Å². The smallest absolute Gasteiger partial charge is 0.410 e. The normalized spacial score (nSPS) is 19.8. The van der Waals surface area contributed by atoms with Gasteiger partial charge in [0.1, 0.15) is 5.60 Å². The molecule has 0 unspecified atom stereocenters. The van der Waals surface area contributed by atoms with Crippen molar-refractivity contribution in [3.8, 4) is 0 Å². The Bertz CT molecular complexity index is 462. The highest BCUT2D eigenvalue weighted by molar-refractivity contribution is 5.69. The SMILES string of the molecule is Cc1ccc([C@H]2CNCCN2C(=O)OC(C)(C)C)cc1. The van der Waals surface area contributed by atoms with Gasteiger partial charge in [-0.25, -0.2) is 4.79 Å². The highest BCUT2D eigenvalue weighted by Crippen LogP contribution is 2.24. The standard InChI is InChI=1S/C16H24N2O2/c1-12-5-7-13(8-6-12)14-11-17-9-10-18(14)15(19)20-16(2,3)4/h5-8,14,17H,9-11H2,1-4H3/t14-/m1/s1. The number of ether oxygens (including phenoxy) is 1. The first kappa shape index (κ1) is 14.9. The van der Waals surface area contributed by atoms with E-state index in [9.17, 15) is 4.79 Å². The average molecular weight is 276 g/mol. The molecular weight excluding hydrogens is 252 g/mol. The largest absolute Gasteiger partial charge is 0.444 e. The number of carbonyl (C=O) groups is 1. The van der Waals surface area contributed by atoms with Crippen LogP contribution in [0.3, 0.4) is 0 Å². The third-order valence-corrected chi connectivity index (χ3v) is 3.33. The van der Waals surface area contributed by atoms with Crippen LogP contribution in [0.15, 0.2) is 24.3 Å². The molecule has 1 atom stereocenters. The van der Waals surface area contributed by atoms with Gasteiger partial charge in [0.25, 0.3) is 0 Å². The lowest BCUT2D eigenvalue weighted by Gasteiger charge is -2.37. The second-order valence-corrected chi connectivity index (χ2v) is 6.30. The Hall–Kier alpha value is -1.55. The van der Waals surface area contributed by atoms with Crippen LogP contribution in [0.25, 0.3) is 0 Å². The van der Waals surface area contributed by atoms with E-state index in [1.165, 1.54) is 5.56 Å². The van der Waals surface area contributed by atoms with Crippen molar-refractivity contribution in [2.75, 3.05) is 19.6 Å². The van der Waals surface area contributed by atoms with E-state index < -0.39 is 5.60 Å². The molecule has 1 fully saturated rings. The predicted octanol–water partition coefficient (Wildman–Crippen LogP) is 2.88. The van der Waals surface area contributed by atoms with Crippen molar-refractivity contribution >= 4 is 6.09 Å². The van der Waals surface area contributed by atoms with Gasteiger partial charge < -0.3 is 10.1 Å². The van der Waals surface area contributed by atoms with Gasteiger partial charge in [-0.1, -0.05) is 29.8 Å². The van der Waals surface area contributed by atoms with Crippen LogP contribution < -0.4 is 5.32 Å². The molecule has 0 aromatic heterocycles. The summed E-state index contributed by atoms with van der Waals surface area (Å²) < 4.78 is 5.51. The van der Waals surface area contributed by atoms with Crippen LogP contribution in [0.4, 0.5) is 4.79 Å². The van der Waals surface area contributed by atoms with Gasteiger partial charge >= 0.3 is 6.09 Å². The van der Waals surface area contributed by atoms with Gasteiger partial charge in [-0.3, -0.25) is 4.90 Å². The molecule has 0 radical (unpaired) electrons. The molecule has 0 spiro atoms. The van der Waals surface area contributed by atoms with Crippen molar-refractivity contribution in [2.24, 2.45) is 0 Å². The summed E-state index contributed by atoms with van der Waals surface area (Å²) in [6, 6.07) is 8.38. The molecule has 0 aliphatic carbocycles. The molecule has 1 saturated heterocycles. The Labute approximate surface area is 121 Å². The van der Waals surface area contributed by atoms with E-state index in [2.05, 4.69) is 36.5 Å². The first-order valence-electron chi connectivity index (χ1n) is 7.14. The molecule has 0 bridgehead atoms. The van der Waals surface area contributed by atoms with Gasteiger partial charge in [-0.05, 0) is 33.3 Å². The highest BCUT2D eigenvalue weighted by atomic mass is 16.6. The van der Waals surface area contributed by atoms with Gasteiger partial charge in [-0.2, -0.15) is 0 Å². The quantitative estimate of drug-likeness (QED) is 0.857. The minimum absolute atomic E-state index is 0.0409. The average Bonchev–Trinajstić information content (AvgIpc) is 2.38. The lowest BCUT2D eigenvalue weighted by Crippen LogP contribution is -2.50. The third kappa shape index (κ3) is 3.73. The number of carbonyl (C=O) groups excluding carboxylic acids is 1. The van der Waals surface area contributed by atoms with Crippen LogP contribution in [-0.4, -0.2) is 36.2 Å². The highest BCUT2D eigenvalue weighted by Gasteiger charge is 2.31. The number of aryl methyl sites for hydroxylation is 1. The van der Waals surface area contributed by atoms with Crippen molar-refractivity contribution in [3.05, 3.63) is 35.4 Å². The van der Waals surface area contributed by atoms with E-state index in [1.807, 2.05) is 25.7 Å². The lowest BCUT2D eigenvalue weighted by molar-refractivity contribution is 0.0118. The van der Waals surface area contributed by atoms with Crippen LogP contribution in [0.2, 0.25) is 0 Å². The van der Waals surface area contributed by atoms with Gasteiger partial charge in [0.15, 0.2) is 0 Å². The molecule has 1 N–H and O–H groups in total. The molecular formula is C16H24N2O2. The van der Waals surface area contributed by atoms with Crippen LogP contribution >= 0.6 is 0 Å². The Kier molecular flexibility index (Phi) is 4.33. The third-order valence-electron chi connectivity index (χ3n) is 3.33. The van der Waals surface area contributed by atoms with Crippen molar-refractivity contribution in [1.29, 1.82) is 0 Å². The van der Waals surface area contributed by atoms with Crippen LogP contribution in [0.5, 0.6) is 0 Å². The minimum Gasteiger partial charge on any atom is -0.444 e. The number of nitrogens with one attached hydrogen (secondary N) is 1. The maximum absolute atomic E-state index is 12.3. The first-order chi connectivity index (χ1) is 9.37. The Morgan fingerprint density at radius 2 is 1.95 bits per heavy atom. The van der Waals surface area contributed by atoms with Crippen molar-refractivity contribution in [3.63, 3.8) is 0 Å². The summed E-state index contributed by atoms with van der Waals surface area (Å²) in [5.41, 5.74) is 1.91. The van der Waals surface area contributed by atoms with E-state index in [0.717, 1.165) is 18.7 Å². The van der Waals surface area contributed by atoms with Gasteiger partial charge in [0.2, 0.25) is 0 Å². The second-order valence-electron chi connectivity index (χ2n) is 6.30. The Balaban J connectivity index is 2.16. The van der Waals surface area contributed by atoms with Gasteiger partial charge in [0.05, 0.1) is 6.04 Å². The van der Waals surface area contributed by atoms with E-state index in [1.54, 1.807) is 0 Å². The summed E-state index contributed by atoms with van der Waals surface area (Å²) in [5.74, 6) is 0. The summed E-state index contributed by atoms with van der Waals surface area (Å²) in [4.78, 5) is 14.2. The van der Waals surface area contributed by atoms with Crippen LogP contribution in [-0.2, 0) is 4.74 Å². The molecule has 2 rings (SSSR count). The maximum atomic E-state index is 12.3. The fourth-order valence-corrected chi connectivity index (χ4v) is 2.33. The lowest BCUT2D eigenvalue weighted by atomic mass is 10.0. The monoisotopic (exact) mass is 276 g/mol. The number of amides is 1. The zero-order valence-corrected chi connectivity index (χ0v) is 12.8. The first-order valence-corrected chi connectivity index (χ1v) is 7.14. The van der Waals surface area contributed by atoms with Crippen molar-refractivity contribution in [1.82, 2.24) is 10.2 Å². The molecule has 4 heteroatoms. The fourth-order valence-electron chi connectivity index (χ4n) is 2.33. The van der Waals surface area contributed by atoms with Crippen LogP contribution in [0.1, 0.15) is 37.9 Å². The van der Waals surface area contributed by atoms with Crippen molar-refractivity contribution in [2.45, 2.75) is 39.3 Å². The topological polar surface area (TPSA) is 41.6 Å². The molecule has 1 aliphatic rings. The summed E-state index contributed by atoms with van der Waals surface area (Å²) in [7, 11) is 0. The number of hydrogen-bond donors (Lipinski definition) is 1. The zero-order chi connectivity index (χ0) is 14.8. The number of nitrogens with zero attached hydrogens (tertiary/aromatic N) is 1. The minimum atomic E-state index is -0.459. The predicted molar refractivity (Wildman–Crippen MR) is 79.7 cm³/mol. The molecule has 1 aromatic carbocycles. The molecule has 1 amide bonds. The molecule has 0 saturated carbocycles. The number of hydrogen-bond acceptors (Lipinski definition) is 3. The fraction of sp³-hybridized carbons (Fsp3) is 0.562. The second kappa shape index (κ2) is 5.83. The Morgan fingerprint density at radius 3 is 2.55 bits per heavy atom. The van der Waals surface area contributed by atoms with E-state index in [0.29, 0.717) is 6.54 Å².